The van der Waals surface area contributed by atoms with Gasteiger partial charge in [0, 0.05) is 13.2 Å². The molecule has 106 valence electrons. The lowest BCUT2D eigenvalue weighted by atomic mass is 9.83. The molecule has 0 aromatic rings. The summed E-state index contributed by atoms with van der Waals surface area (Å²) in [4.78, 5) is 0. The van der Waals surface area contributed by atoms with Crippen LogP contribution in [0.3, 0.4) is 0 Å². The Bertz CT molecular complexity index is 233. The standard InChI is InChI=1S/C16H30O2/c1-12(2)16-8-4-7-15(18-16)10-13(3)14-6-5-9-17-11-14/h12-16H,4-11H2,1-3H3. The maximum atomic E-state index is 6.27. The first-order valence-electron chi connectivity index (χ1n) is 7.90. The Balaban J connectivity index is 1.77. The van der Waals surface area contributed by atoms with Gasteiger partial charge in [-0.15, -0.1) is 0 Å². The van der Waals surface area contributed by atoms with Crippen LogP contribution in [0.2, 0.25) is 0 Å². The molecule has 0 amide bonds. The predicted octanol–water partition coefficient (Wildman–Crippen LogP) is 4.03. The number of ether oxygens (including phenoxy) is 2. The lowest BCUT2D eigenvalue weighted by Gasteiger charge is -2.36. The van der Waals surface area contributed by atoms with Gasteiger partial charge in [0.2, 0.25) is 0 Å². The Labute approximate surface area is 112 Å². The molecule has 0 aromatic carbocycles. The van der Waals surface area contributed by atoms with Crippen LogP contribution in [0.15, 0.2) is 0 Å². The lowest BCUT2D eigenvalue weighted by molar-refractivity contribution is -0.0848. The Morgan fingerprint density at radius 1 is 1.06 bits per heavy atom. The SMILES string of the molecule is CC(C)C1CCCC(CC(C)C2CCCOC2)O1. The molecule has 2 heteroatoms. The van der Waals surface area contributed by atoms with Gasteiger partial charge in [0.1, 0.15) is 0 Å². The van der Waals surface area contributed by atoms with E-state index in [1.54, 1.807) is 0 Å². The van der Waals surface area contributed by atoms with E-state index < -0.39 is 0 Å². The highest BCUT2D eigenvalue weighted by Crippen LogP contribution is 2.31. The third-order valence-corrected chi connectivity index (χ3v) is 4.76. The quantitative estimate of drug-likeness (QED) is 0.754. The van der Waals surface area contributed by atoms with Crippen molar-refractivity contribution < 1.29 is 9.47 Å². The first kappa shape index (κ1) is 14.3. The summed E-state index contributed by atoms with van der Waals surface area (Å²) in [5.41, 5.74) is 0. The maximum Gasteiger partial charge on any atom is 0.0601 e. The number of hydrogen-bond acceptors (Lipinski definition) is 2. The van der Waals surface area contributed by atoms with Crippen LogP contribution in [0, 0.1) is 17.8 Å². The summed E-state index contributed by atoms with van der Waals surface area (Å²) in [6.45, 7) is 8.90. The van der Waals surface area contributed by atoms with E-state index in [2.05, 4.69) is 20.8 Å². The lowest BCUT2D eigenvalue weighted by Crippen LogP contribution is -2.34. The van der Waals surface area contributed by atoms with Gasteiger partial charge in [0.15, 0.2) is 0 Å². The van der Waals surface area contributed by atoms with Crippen molar-refractivity contribution in [3.63, 3.8) is 0 Å². The normalized spacial score (nSPS) is 35.7. The van der Waals surface area contributed by atoms with Gasteiger partial charge in [-0.05, 0) is 56.3 Å². The van der Waals surface area contributed by atoms with Crippen molar-refractivity contribution in [1.82, 2.24) is 0 Å². The smallest absolute Gasteiger partial charge is 0.0601 e. The monoisotopic (exact) mass is 254 g/mol. The first-order chi connectivity index (χ1) is 8.66. The third kappa shape index (κ3) is 3.96. The van der Waals surface area contributed by atoms with E-state index in [-0.39, 0.29) is 0 Å². The van der Waals surface area contributed by atoms with Gasteiger partial charge in [0.05, 0.1) is 12.2 Å². The third-order valence-electron chi connectivity index (χ3n) is 4.76. The maximum absolute atomic E-state index is 6.27. The van der Waals surface area contributed by atoms with Crippen molar-refractivity contribution in [2.24, 2.45) is 17.8 Å². The Hall–Kier alpha value is -0.0800. The van der Waals surface area contributed by atoms with Gasteiger partial charge in [-0.1, -0.05) is 20.8 Å². The molecule has 2 saturated heterocycles. The molecule has 2 nitrogen and oxygen atoms in total. The van der Waals surface area contributed by atoms with Gasteiger partial charge in [0.25, 0.3) is 0 Å². The molecule has 0 bridgehead atoms. The molecule has 2 aliphatic rings. The van der Waals surface area contributed by atoms with E-state index >= 15 is 0 Å². The topological polar surface area (TPSA) is 18.5 Å². The fourth-order valence-corrected chi connectivity index (χ4v) is 3.42. The Morgan fingerprint density at radius 3 is 2.56 bits per heavy atom. The zero-order chi connectivity index (χ0) is 13.0. The molecule has 0 saturated carbocycles. The van der Waals surface area contributed by atoms with E-state index in [0.29, 0.717) is 18.1 Å². The van der Waals surface area contributed by atoms with E-state index in [0.717, 1.165) is 25.0 Å². The van der Waals surface area contributed by atoms with Crippen LogP contribution < -0.4 is 0 Å². The van der Waals surface area contributed by atoms with Crippen molar-refractivity contribution in [2.45, 2.75) is 71.5 Å². The van der Waals surface area contributed by atoms with Crippen molar-refractivity contribution in [3.8, 4) is 0 Å². The van der Waals surface area contributed by atoms with Crippen LogP contribution in [0.4, 0.5) is 0 Å². The highest BCUT2D eigenvalue weighted by Gasteiger charge is 2.28. The molecule has 2 aliphatic heterocycles. The van der Waals surface area contributed by atoms with Crippen molar-refractivity contribution in [1.29, 1.82) is 0 Å². The van der Waals surface area contributed by atoms with Crippen LogP contribution in [0.5, 0.6) is 0 Å². The van der Waals surface area contributed by atoms with Crippen molar-refractivity contribution in [2.75, 3.05) is 13.2 Å². The summed E-state index contributed by atoms with van der Waals surface area (Å²) in [5, 5.41) is 0. The Kier molecular flexibility index (Phi) is 5.50. The number of rotatable bonds is 4. The van der Waals surface area contributed by atoms with E-state index in [1.807, 2.05) is 0 Å². The van der Waals surface area contributed by atoms with E-state index in [1.165, 1.54) is 38.5 Å². The molecular weight excluding hydrogens is 224 g/mol. The molecule has 4 unspecified atom stereocenters. The Morgan fingerprint density at radius 2 is 1.89 bits per heavy atom. The first-order valence-corrected chi connectivity index (χ1v) is 7.90. The summed E-state index contributed by atoms with van der Waals surface area (Å²) < 4.78 is 11.9. The van der Waals surface area contributed by atoms with Gasteiger partial charge >= 0.3 is 0 Å². The minimum absolute atomic E-state index is 0.499. The molecule has 0 aliphatic carbocycles. The highest BCUT2D eigenvalue weighted by atomic mass is 16.5. The van der Waals surface area contributed by atoms with Crippen LogP contribution in [0.1, 0.15) is 59.3 Å². The molecule has 2 fully saturated rings. The van der Waals surface area contributed by atoms with Gasteiger partial charge in [-0.3, -0.25) is 0 Å². The number of hydrogen-bond donors (Lipinski definition) is 0. The van der Waals surface area contributed by atoms with Gasteiger partial charge in [-0.2, -0.15) is 0 Å². The molecule has 0 N–H and O–H groups in total. The summed E-state index contributed by atoms with van der Waals surface area (Å²) in [6, 6.07) is 0. The molecule has 18 heavy (non-hydrogen) atoms. The van der Waals surface area contributed by atoms with Crippen molar-refractivity contribution >= 4 is 0 Å². The summed E-state index contributed by atoms with van der Waals surface area (Å²) in [7, 11) is 0. The molecule has 2 heterocycles. The molecule has 4 atom stereocenters. The largest absolute Gasteiger partial charge is 0.381 e. The summed E-state index contributed by atoms with van der Waals surface area (Å²) in [5.74, 6) is 2.18. The predicted molar refractivity (Wildman–Crippen MR) is 74.7 cm³/mol. The van der Waals surface area contributed by atoms with Crippen LogP contribution in [-0.4, -0.2) is 25.4 Å². The molecule has 0 radical (unpaired) electrons. The highest BCUT2D eigenvalue weighted by molar-refractivity contribution is 4.78. The summed E-state index contributed by atoms with van der Waals surface area (Å²) in [6.07, 6.45) is 8.70. The second-order valence-electron chi connectivity index (χ2n) is 6.66. The van der Waals surface area contributed by atoms with Crippen LogP contribution >= 0.6 is 0 Å². The molecule has 0 spiro atoms. The second kappa shape index (κ2) is 6.91. The zero-order valence-electron chi connectivity index (χ0n) is 12.4. The van der Waals surface area contributed by atoms with E-state index in [4.69, 9.17) is 9.47 Å². The second-order valence-corrected chi connectivity index (χ2v) is 6.66. The molecule has 2 rings (SSSR count). The minimum Gasteiger partial charge on any atom is -0.381 e. The van der Waals surface area contributed by atoms with Gasteiger partial charge < -0.3 is 9.47 Å². The summed E-state index contributed by atoms with van der Waals surface area (Å²) >= 11 is 0. The fourth-order valence-electron chi connectivity index (χ4n) is 3.42. The minimum atomic E-state index is 0.499. The van der Waals surface area contributed by atoms with E-state index in [9.17, 15) is 0 Å². The molecular formula is C16H30O2. The average Bonchev–Trinajstić information content (AvgIpc) is 2.40. The average molecular weight is 254 g/mol. The van der Waals surface area contributed by atoms with Gasteiger partial charge in [-0.25, -0.2) is 0 Å². The van der Waals surface area contributed by atoms with Crippen LogP contribution in [-0.2, 0) is 9.47 Å². The van der Waals surface area contributed by atoms with Crippen molar-refractivity contribution in [3.05, 3.63) is 0 Å². The fraction of sp³-hybridized carbons (Fsp3) is 1.00. The van der Waals surface area contributed by atoms with Crippen LogP contribution in [0.25, 0.3) is 0 Å². The molecule has 0 aromatic heterocycles. The zero-order valence-corrected chi connectivity index (χ0v) is 12.4.